The zero-order valence-corrected chi connectivity index (χ0v) is 10.9. The summed E-state index contributed by atoms with van der Waals surface area (Å²) < 4.78 is 45.6. The highest BCUT2D eigenvalue weighted by Crippen LogP contribution is 2.38. The van der Waals surface area contributed by atoms with E-state index >= 15 is 0 Å². The Morgan fingerprint density at radius 1 is 1.43 bits per heavy atom. The van der Waals surface area contributed by atoms with Gasteiger partial charge < -0.3 is 9.84 Å². The molecule has 0 aliphatic heterocycles. The van der Waals surface area contributed by atoms with Gasteiger partial charge in [-0.15, -0.1) is 0 Å². The van der Waals surface area contributed by atoms with Crippen molar-refractivity contribution < 1.29 is 27.8 Å². The maximum absolute atomic E-state index is 13.0. The van der Waals surface area contributed by atoms with Gasteiger partial charge in [0.1, 0.15) is 5.75 Å². The van der Waals surface area contributed by atoms with E-state index < -0.39 is 29.0 Å². The molecule has 8 heteroatoms. The summed E-state index contributed by atoms with van der Waals surface area (Å²) in [6, 6.07) is 2.58. The van der Waals surface area contributed by atoms with Gasteiger partial charge in [0.05, 0.1) is 23.5 Å². The Kier molecular flexibility index (Phi) is 3.88. The lowest BCUT2D eigenvalue weighted by Gasteiger charge is -2.13. The van der Waals surface area contributed by atoms with E-state index in [2.05, 4.69) is 5.10 Å². The lowest BCUT2D eigenvalue weighted by atomic mass is 10.1. The molecular weight excluding hydrogens is 289 g/mol. The van der Waals surface area contributed by atoms with Crippen molar-refractivity contribution in [2.75, 3.05) is 0 Å². The molecule has 5 nitrogen and oxygen atoms in total. The van der Waals surface area contributed by atoms with E-state index in [0.717, 1.165) is 12.1 Å². The van der Waals surface area contributed by atoms with Crippen LogP contribution in [0.15, 0.2) is 30.6 Å². The van der Waals surface area contributed by atoms with E-state index in [0.29, 0.717) is 12.6 Å². The topological polar surface area (TPSA) is 64.3 Å². The minimum absolute atomic E-state index is 0.144. The largest absolute Gasteiger partial charge is 0.478 e. The number of aromatic carboxylic acids is 1. The number of aromatic nitrogens is 2. The fourth-order valence-corrected chi connectivity index (χ4v) is 1.67. The summed E-state index contributed by atoms with van der Waals surface area (Å²) in [6.45, 7) is 2.37. The highest BCUT2D eigenvalue weighted by atomic mass is 19.4. The molecule has 1 heterocycles. The van der Waals surface area contributed by atoms with Gasteiger partial charge in [0.2, 0.25) is 0 Å². The van der Waals surface area contributed by atoms with Crippen LogP contribution in [0.3, 0.4) is 0 Å². The van der Waals surface area contributed by atoms with Crippen LogP contribution in [0, 0.1) is 0 Å². The number of halogens is 3. The molecule has 0 amide bonds. The summed E-state index contributed by atoms with van der Waals surface area (Å²) in [7, 11) is 0. The molecule has 0 fully saturated rings. The van der Waals surface area contributed by atoms with E-state index in [-0.39, 0.29) is 5.75 Å². The van der Waals surface area contributed by atoms with Crippen LogP contribution in [0.2, 0.25) is 0 Å². The number of carboxylic acids is 1. The number of carboxylic acid groups (broad SMARTS) is 1. The summed E-state index contributed by atoms with van der Waals surface area (Å²) in [5.41, 5.74) is -1.61. The summed E-state index contributed by atoms with van der Waals surface area (Å²) in [6.07, 6.45) is -1.98. The molecule has 21 heavy (non-hydrogen) atoms. The Hall–Kier alpha value is -2.51. The fraction of sp³-hybridized carbons (Fsp3) is 0.231. The number of nitrogens with zero attached hydrogens (tertiary/aromatic N) is 2. The van der Waals surface area contributed by atoms with Gasteiger partial charge in [-0.3, -0.25) is 4.68 Å². The highest BCUT2D eigenvalue weighted by molar-refractivity contribution is 5.88. The average Bonchev–Trinajstić information content (AvgIpc) is 2.85. The lowest BCUT2D eigenvalue weighted by Crippen LogP contribution is -2.09. The number of benzene rings is 1. The van der Waals surface area contributed by atoms with Crippen LogP contribution in [0.4, 0.5) is 13.2 Å². The van der Waals surface area contributed by atoms with Gasteiger partial charge in [-0.05, 0) is 25.1 Å². The van der Waals surface area contributed by atoms with Crippen LogP contribution in [-0.4, -0.2) is 20.9 Å². The number of alkyl halides is 3. The second-order valence-electron chi connectivity index (χ2n) is 4.15. The first-order valence-electron chi connectivity index (χ1n) is 5.96. The predicted molar refractivity (Wildman–Crippen MR) is 66.4 cm³/mol. The van der Waals surface area contributed by atoms with Crippen molar-refractivity contribution in [3.8, 4) is 11.5 Å². The fourth-order valence-electron chi connectivity index (χ4n) is 1.67. The van der Waals surface area contributed by atoms with Crippen molar-refractivity contribution in [2.24, 2.45) is 0 Å². The molecule has 0 unspecified atom stereocenters. The molecule has 112 valence electrons. The summed E-state index contributed by atoms with van der Waals surface area (Å²) in [5, 5.41) is 12.7. The third-order valence-electron chi connectivity index (χ3n) is 2.69. The maximum Gasteiger partial charge on any atom is 0.420 e. The lowest BCUT2D eigenvalue weighted by molar-refractivity contribution is -0.138. The van der Waals surface area contributed by atoms with E-state index in [1.807, 2.05) is 6.92 Å². The van der Waals surface area contributed by atoms with Crippen LogP contribution in [0.1, 0.15) is 22.8 Å². The normalized spacial score (nSPS) is 11.4. The second-order valence-corrected chi connectivity index (χ2v) is 4.15. The quantitative estimate of drug-likeness (QED) is 0.939. The van der Waals surface area contributed by atoms with Gasteiger partial charge in [-0.2, -0.15) is 18.3 Å². The molecule has 0 atom stereocenters. The molecule has 0 aliphatic carbocycles. The number of carbonyl (C=O) groups is 1. The number of aryl methyl sites for hydroxylation is 1. The molecule has 2 aromatic rings. The van der Waals surface area contributed by atoms with Gasteiger partial charge in [-0.1, -0.05) is 0 Å². The minimum atomic E-state index is -4.72. The van der Waals surface area contributed by atoms with Crippen molar-refractivity contribution in [2.45, 2.75) is 19.6 Å². The van der Waals surface area contributed by atoms with Gasteiger partial charge in [-0.25, -0.2) is 4.79 Å². The monoisotopic (exact) mass is 300 g/mol. The summed E-state index contributed by atoms with van der Waals surface area (Å²) >= 11 is 0. The van der Waals surface area contributed by atoms with E-state index in [9.17, 15) is 18.0 Å². The highest BCUT2D eigenvalue weighted by Gasteiger charge is 2.35. The first kappa shape index (κ1) is 14.9. The molecule has 0 saturated heterocycles. The van der Waals surface area contributed by atoms with Crippen LogP contribution < -0.4 is 4.74 Å². The minimum Gasteiger partial charge on any atom is -0.478 e. The number of rotatable bonds is 4. The third kappa shape index (κ3) is 3.33. The number of hydrogen-bond acceptors (Lipinski definition) is 3. The Balaban J connectivity index is 2.40. The van der Waals surface area contributed by atoms with E-state index in [1.165, 1.54) is 17.1 Å². The smallest absolute Gasteiger partial charge is 0.420 e. The SMILES string of the molecule is CCn1cc(Oc2ccc(C(=O)O)cc2C(F)(F)F)cn1. The second kappa shape index (κ2) is 5.47. The molecule has 1 N–H and O–H groups in total. The first-order chi connectivity index (χ1) is 9.81. The molecule has 1 aromatic carbocycles. The Morgan fingerprint density at radius 3 is 2.67 bits per heavy atom. The van der Waals surface area contributed by atoms with Gasteiger partial charge in [0, 0.05) is 6.54 Å². The molecule has 0 saturated carbocycles. The van der Waals surface area contributed by atoms with Crippen LogP contribution in [-0.2, 0) is 12.7 Å². The summed E-state index contributed by atoms with van der Waals surface area (Å²) in [5.74, 6) is -1.76. The average molecular weight is 300 g/mol. The van der Waals surface area contributed by atoms with Crippen molar-refractivity contribution in [3.63, 3.8) is 0 Å². The third-order valence-corrected chi connectivity index (χ3v) is 2.69. The Bertz CT molecular complexity index is 665. The van der Waals surface area contributed by atoms with E-state index in [1.54, 1.807) is 0 Å². The van der Waals surface area contributed by atoms with Crippen LogP contribution in [0.25, 0.3) is 0 Å². The predicted octanol–water partition coefficient (Wildman–Crippen LogP) is 3.41. The Labute approximate surface area is 117 Å². The molecule has 2 rings (SSSR count). The number of hydrogen-bond donors (Lipinski definition) is 1. The molecular formula is C13H11F3N2O3. The standard InChI is InChI=1S/C13H11F3N2O3/c1-2-18-7-9(6-17-18)21-11-4-3-8(12(19)20)5-10(11)13(14,15)16/h3-7H,2H2,1H3,(H,19,20). The van der Waals surface area contributed by atoms with Crippen LogP contribution >= 0.6 is 0 Å². The first-order valence-corrected chi connectivity index (χ1v) is 5.96. The molecule has 0 aliphatic rings. The molecule has 0 radical (unpaired) electrons. The Morgan fingerprint density at radius 2 is 2.14 bits per heavy atom. The van der Waals surface area contributed by atoms with Crippen LogP contribution in [0.5, 0.6) is 11.5 Å². The molecule has 0 bridgehead atoms. The zero-order chi connectivity index (χ0) is 15.6. The maximum atomic E-state index is 13.0. The van der Waals surface area contributed by atoms with Gasteiger partial charge in [0.15, 0.2) is 5.75 Å². The number of ether oxygens (including phenoxy) is 1. The van der Waals surface area contributed by atoms with E-state index in [4.69, 9.17) is 9.84 Å². The summed E-state index contributed by atoms with van der Waals surface area (Å²) in [4.78, 5) is 10.8. The van der Waals surface area contributed by atoms with Crippen molar-refractivity contribution >= 4 is 5.97 Å². The van der Waals surface area contributed by atoms with Crippen molar-refractivity contribution in [1.29, 1.82) is 0 Å². The van der Waals surface area contributed by atoms with Gasteiger partial charge in [0.25, 0.3) is 0 Å². The van der Waals surface area contributed by atoms with Gasteiger partial charge >= 0.3 is 12.1 Å². The molecule has 0 spiro atoms. The van der Waals surface area contributed by atoms with Crippen molar-refractivity contribution in [3.05, 3.63) is 41.7 Å². The zero-order valence-electron chi connectivity index (χ0n) is 10.9. The molecule has 1 aromatic heterocycles. The van der Waals surface area contributed by atoms with Crippen molar-refractivity contribution in [1.82, 2.24) is 9.78 Å².